The molecular weight excluding hydrogens is 395 g/mol. The van der Waals surface area contributed by atoms with Crippen LogP contribution in [0.5, 0.6) is 0 Å². The zero-order valence-electron chi connectivity index (χ0n) is 12.3. The number of nitro groups is 1. The predicted molar refractivity (Wildman–Crippen MR) is 93.5 cm³/mol. The second kappa shape index (κ2) is 8.15. The largest absolute Gasteiger partial charge is 0.452 e. The van der Waals surface area contributed by atoms with Gasteiger partial charge in [-0.05, 0) is 24.3 Å². The van der Waals surface area contributed by atoms with Crippen LogP contribution in [0.2, 0.25) is 15.1 Å². The zero-order valence-corrected chi connectivity index (χ0v) is 14.6. The Kier molecular flexibility index (Phi) is 6.19. The van der Waals surface area contributed by atoms with Crippen molar-refractivity contribution < 1.29 is 19.2 Å². The van der Waals surface area contributed by atoms with Crippen molar-refractivity contribution in [1.29, 1.82) is 0 Å². The lowest BCUT2D eigenvalue weighted by Gasteiger charge is -2.08. The standard InChI is InChI=1S/C15H9Cl3N2O5/c16-10-3-1-8(5-11(10)17)15(22)25-7-14(21)19-13-4-2-9(20(23)24)6-12(13)18/h1-6H,7H2,(H,19,21). The smallest absolute Gasteiger partial charge is 0.338 e. The highest BCUT2D eigenvalue weighted by atomic mass is 35.5. The molecule has 0 radical (unpaired) electrons. The van der Waals surface area contributed by atoms with Crippen molar-refractivity contribution in [3.05, 3.63) is 67.1 Å². The fourth-order valence-corrected chi connectivity index (χ4v) is 2.26. The maximum absolute atomic E-state index is 11.8. The summed E-state index contributed by atoms with van der Waals surface area (Å²) in [6.07, 6.45) is 0. The van der Waals surface area contributed by atoms with Gasteiger partial charge in [0.2, 0.25) is 0 Å². The van der Waals surface area contributed by atoms with Gasteiger partial charge in [0, 0.05) is 12.1 Å². The van der Waals surface area contributed by atoms with E-state index in [1.165, 1.54) is 30.3 Å². The monoisotopic (exact) mass is 402 g/mol. The first-order chi connectivity index (χ1) is 11.8. The fraction of sp³-hybridized carbons (Fsp3) is 0.0667. The highest BCUT2D eigenvalue weighted by Gasteiger charge is 2.14. The summed E-state index contributed by atoms with van der Waals surface area (Å²) < 4.78 is 4.85. The quantitative estimate of drug-likeness (QED) is 0.454. The highest BCUT2D eigenvalue weighted by Crippen LogP contribution is 2.26. The SMILES string of the molecule is O=C(COC(=O)c1ccc(Cl)c(Cl)c1)Nc1ccc([N+](=O)[O-])cc1Cl. The number of hydrogen-bond acceptors (Lipinski definition) is 5. The molecule has 1 amide bonds. The van der Waals surface area contributed by atoms with Crippen LogP contribution in [0.15, 0.2) is 36.4 Å². The van der Waals surface area contributed by atoms with Crippen LogP contribution in [0.1, 0.15) is 10.4 Å². The average molecular weight is 404 g/mol. The first-order valence-electron chi connectivity index (χ1n) is 6.64. The van der Waals surface area contributed by atoms with Gasteiger partial charge in [-0.25, -0.2) is 4.79 Å². The van der Waals surface area contributed by atoms with Crippen LogP contribution in [0.3, 0.4) is 0 Å². The number of nitro benzene ring substituents is 1. The number of non-ortho nitro benzene ring substituents is 1. The van der Waals surface area contributed by atoms with Crippen LogP contribution in [-0.2, 0) is 9.53 Å². The second-order valence-corrected chi connectivity index (χ2v) is 5.90. The number of esters is 1. The number of rotatable bonds is 5. The molecule has 7 nitrogen and oxygen atoms in total. The van der Waals surface area contributed by atoms with Crippen LogP contribution >= 0.6 is 34.8 Å². The summed E-state index contributed by atoms with van der Waals surface area (Å²) >= 11 is 17.4. The second-order valence-electron chi connectivity index (χ2n) is 4.67. The third kappa shape index (κ3) is 5.06. The summed E-state index contributed by atoms with van der Waals surface area (Å²) in [7, 11) is 0. The minimum Gasteiger partial charge on any atom is -0.452 e. The van der Waals surface area contributed by atoms with Crippen LogP contribution in [0.25, 0.3) is 0 Å². The Labute approximate surface area is 156 Å². The number of ether oxygens (including phenoxy) is 1. The molecule has 2 aromatic carbocycles. The molecule has 1 N–H and O–H groups in total. The summed E-state index contributed by atoms with van der Waals surface area (Å²) in [6.45, 7) is -0.577. The van der Waals surface area contributed by atoms with E-state index in [0.717, 1.165) is 6.07 Å². The first-order valence-corrected chi connectivity index (χ1v) is 7.77. The van der Waals surface area contributed by atoms with Crippen molar-refractivity contribution in [2.24, 2.45) is 0 Å². The molecule has 2 rings (SSSR count). The third-order valence-electron chi connectivity index (χ3n) is 2.93. The minimum atomic E-state index is -0.761. The molecule has 0 aliphatic heterocycles. The van der Waals surface area contributed by atoms with Crippen molar-refractivity contribution in [2.45, 2.75) is 0 Å². The Balaban J connectivity index is 1.95. The van der Waals surface area contributed by atoms with Gasteiger partial charge in [-0.1, -0.05) is 34.8 Å². The van der Waals surface area contributed by atoms with Crippen molar-refractivity contribution >= 4 is 58.1 Å². The van der Waals surface area contributed by atoms with Gasteiger partial charge in [0.1, 0.15) is 0 Å². The molecule has 0 saturated carbocycles. The molecule has 0 spiro atoms. The van der Waals surface area contributed by atoms with Gasteiger partial charge >= 0.3 is 5.97 Å². The Morgan fingerprint density at radius 2 is 1.76 bits per heavy atom. The molecule has 10 heteroatoms. The van der Waals surface area contributed by atoms with Crippen LogP contribution in [0, 0.1) is 10.1 Å². The predicted octanol–water partition coefficient (Wildman–Crippen LogP) is 4.35. The number of nitrogens with zero attached hydrogens (tertiary/aromatic N) is 1. The maximum Gasteiger partial charge on any atom is 0.338 e. The zero-order chi connectivity index (χ0) is 18.6. The van der Waals surface area contributed by atoms with Crippen LogP contribution in [0.4, 0.5) is 11.4 Å². The molecule has 0 aromatic heterocycles. The van der Waals surface area contributed by atoms with E-state index in [1.54, 1.807) is 0 Å². The van der Waals surface area contributed by atoms with E-state index < -0.39 is 23.4 Å². The van der Waals surface area contributed by atoms with Gasteiger partial charge in [0.25, 0.3) is 11.6 Å². The lowest BCUT2D eigenvalue weighted by molar-refractivity contribution is -0.384. The third-order valence-corrected chi connectivity index (χ3v) is 3.98. The van der Waals surface area contributed by atoms with Gasteiger partial charge in [-0.3, -0.25) is 14.9 Å². The van der Waals surface area contributed by atoms with Gasteiger partial charge < -0.3 is 10.1 Å². The van der Waals surface area contributed by atoms with Gasteiger partial charge in [0.15, 0.2) is 6.61 Å². The van der Waals surface area contributed by atoms with Crippen molar-refractivity contribution in [3.8, 4) is 0 Å². The number of benzene rings is 2. The number of amides is 1. The molecule has 25 heavy (non-hydrogen) atoms. The van der Waals surface area contributed by atoms with Crippen molar-refractivity contribution in [3.63, 3.8) is 0 Å². The molecule has 130 valence electrons. The summed E-state index contributed by atoms with van der Waals surface area (Å²) in [5.41, 5.74) is 0.0764. The fourth-order valence-electron chi connectivity index (χ4n) is 1.74. The van der Waals surface area contributed by atoms with E-state index in [1.807, 2.05) is 0 Å². The van der Waals surface area contributed by atoms with E-state index in [2.05, 4.69) is 5.32 Å². The Morgan fingerprint density at radius 1 is 1.04 bits per heavy atom. The lowest BCUT2D eigenvalue weighted by Crippen LogP contribution is -2.21. The van der Waals surface area contributed by atoms with Gasteiger partial charge in [-0.15, -0.1) is 0 Å². The first kappa shape index (κ1) is 19.0. The molecule has 0 atom stereocenters. The van der Waals surface area contributed by atoms with Gasteiger partial charge in [-0.2, -0.15) is 0 Å². The Hall–Kier alpha value is -2.35. The molecule has 2 aromatic rings. The summed E-state index contributed by atoms with van der Waals surface area (Å²) in [4.78, 5) is 33.7. The number of anilines is 1. The number of nitrogens with one attached hydrogen (secondary N) is 1. The number of carbonyl (C=O) groups excluding carboxylic acids is 2. The molecule has 0 saturated heterocycles. The van der Waals surface area contributed by atoms with Crippen LogP contribution in [-0.4, -0.2) is 23.4 Å². The maximum atomic E-state index is 11.8. The number of halogens is 3. The average Bonchev–Trinajstić information content (AvgIpc) is 2.56. The normalized spacial score (nSPS) is 10.2. The van der Waals surface area contributed by atoms with E-state index in [9.17, 15) is 19.7 Å². The lowest BCUT2D eigenvalue weighted by atomic mass is 10.2. The molecule has 0 aliphatic carbocycles. The molecule has 0 heterocycles. The number of carbonyl (C=O) groups is 2. The Bertz CT molecular complexity index is 857. The molecular formula is C15H9Cl3N2O5. The summed E-state index contributed by atoms with van der Waals surface area (Å²) in [5.74, 6) is -1.42. The molecule has 0 unspecified atom stereocenters. The van der Waals surface area contributed by atoms with E-state index in [4.69, 9.17) is 39.5 Å². The summed E-state index contributed by atoms with van der Waals surface area (Å²) in [6, 6.07) is 7.71. The molecule has 0 fully saturated rings. The minimum absolute atomic E-state index is 0.0154. The van der Waals surface area contributed by atoms with E-state index >= 15 is 0 Å². The highest BCUT2D eigenvalue weighted by molar-refractivity contribution is 6.42. The molecule has 0 aliphatic rings. The van der Waals surface area contributed by atoms with E-state index in [0.29, 0.717) is 0 Å². The number of hydrogen-bond donors (Lipinski definition) is 1. The molecule has 0 bridgehead atoms. The van der Waals surface area contributed by atoms with Gasteiger partial charge in [0.05, 0.1) is 31.2 Å². The van der Waals surface area contributed by atoms with Crippen molar-refractivity contribution in [1.82, 2.24) is 0 Å². The summed E-state index contributed by atoms with van der Waals surface area (Å²) in [5, 5.41) is 13.5. The van der Waals surface area contributed by atoms with Crippen molar-refractivity contribution in [2.75, 3.05) is 11.9 Å². The van der Waals surface area contributed by atoms with E-state index in [-0.39, 0.29) is 32.0 Å². The topological polar surface area (TPSA) is 98.5 Å². The van der Waals surface area contributed by atoms with Crippen LogP contribution < -0.4 is 5.32 Å². The Morgan fingerprint density at radius 3 is 2.36 bits per heavy atom.